The number of carbonyl (C=O) groups excluding carboxylic acids is 3. The summed E-state index contributed by atoms with van der Waals surface area (Å²) in [6, 6.07) is 11.0. The average molecular weight is 415 g/mol. The molecule has 1 aliphatic heterocycles. The van der Waals surface area contributed by atoms with Crippen LogP contribution in [0.15, 0.2) is 48.5 Å². The summed E-state index contributed by atoms with van der Waals surface area (Å²) in [6.07, 6.45) is 0. The van der Waals surface area contributed by atoms with Gasteiger partial charge in [0.1, 0.15) is 23.7 Å². The third-order valence-corrected chi connectivity index (χ3v) is 5.17. The third kappa shape index (κ3) is 4.03. The van der Waals surface area contributed by atoms with Crippen molar-refractivity contribution < 1.29 is 23.2 Å². The molecule has 0 saturated carbocycles. The molecule has 0 aromatic heterocycles. The zero-order valence-corrected chi connectivity index (χ0v) is 17.0. The standard InChI is InChI=1S/C22H23F2N3O3/c1-14(2)26(12-15-7-5-4-6-8-15)19(28)13-27-20(29)22(3,25-21(27)30)17-11-16(23)9-10-18(17)24/h4-11,14H,12-13H2,1-3H3,(H,25,30)/t22-/m1/s1. The van der Waals surface area contributed by atoms with Gasteiger partial charge in [-0.2, -0.15) is 0 Å². The quantitative estimate of drug-likeness (QED) is 0.737. The fraction of sp³-hybridized carbons (Fsp3) is 0.318. The van der Waals surface area contributed by atoms with Gasteiger partial charge in [-0.15, -0.1) is 0 Å². The van der Waals surface area contributed by atoms with Crippen molar-refractivity contribution >= 4 is 17.8 Å². The van der Waals surface area contributed by atoms with E-state index in [1.807, 2.05) is 44.2 Å². The molecule has 0 unspecified atom stereocenters. The highest BCUT2D eigenvalue weighted by molar-refractivity contribution is 6.09. The van der Waals surface area contributed by atoms with Gasteiger partial charge >= 0.3 is 6.03 Å². The molecule has 0 radical (unpaired) electrons. The molecular weight excluding hydrogens is 392 g/mol. The Kier molecular flexibility index (Phi) is 5.87. The summed E-state index contributed by atoms with van der Waals surface area (Å²) >= 11 is 0. The van der Waals surface area contributed by atoms with Crippen molar-refractivity contribution in [1.29, 1.82) is 0 Å². The number of rotatable bonds is 6. The lowest BCUT2D eigenvalue weighted by Crippen LogP contribution is -2.46. The molecule has 2 aromatic rings. The van der Waals surface area contributed by atoms with E-state index in [1.165, 1.54) is 6.92 Å². The molecule has 158 valence electrons. The second-order valence-electron chi connectivity index (χ2n) is 7.67. The summed E-state index contributed by atoms with van der Waals surface area (Å²) in [5.41, 5.74) is -1.18. The number of hydrogen-bond donors (Lipinski definition) is 1. The SMILES string of the molecule is CC(C)N(Cc1ccccc1)C(=O)CN1C(=O)N[C@](C)(c2cc(F)ccc2F)C1=O. The maximum Gasteiger partial charge on any atom is 0.325 e. The average Bonchev–Trinajstić information content (AvgIpc) is 2.92. The molecular formula is C22H23F2N3O3. The summed E-state index contributed by atoms with van der Waals surface area (Å²) in [7, 11) is 0. The van der Waals surface area contributed by atoms with E-state index in [4.69, 9.17) is 0 Å². The monoisotopic (exact) mass is 415 g/mol. The van der Waals surface area contributed by atoms with Crippen molar-refractivity contribution in [3.63, 3.8) is 0 Å². The number of carbonyl (C=O) groups is 3. The van der Waals surface area contributed by atoms with Crippen LogP contribution < -0.4 is 5.32 Å². The maximum atomic E-state index is 14.3. The smallest absolute Gasteiger partial charge is 0.325 e. The Morgan fingerprint density at radius 3 is 2.43 bits per heavy atom. The highest BCUT2D eigenvalue weighted by Crippen LogP contribution is 2.31. The van der Waals surface area contributed by atoms with Gasteiger partial charge in [-0.05, 0) is 44.5 Å². The Morgan fingerprint density at radius 2 is 1.80 bits per heavy atom. The van der Waals surface area contributed by atoms with Gasteiger partial charge in [-0.3, -0.25) is 14.5 Å². The number of urea groups is 1. The van der Waals surface area contributed by atoms with Crippen LogP contribution in [0.3, 0.4) is 0 Å². The predicted molar refractivity (Wildman–Crippen MR) is 106 cm³/mol. The molecule has 1 heterocycles. The number of nitrogens with zero attached hydrogens (tertiary/aromatic N) is 2. The number of imide groups is 1. The van der Waals surface area contributed by atoms with Gasteiger partial charge in [-0.25, -0.2) is 13.6 Å². The zero-order chi connectivity index (χ0) is 22.1. The van der Waals surface area contributed by atoms with Crippen molar-refractivity contribution in [2.45, 2.75) is 38.9 Å². The number of hydrogen-bond acceptors (Lipinski definition) is 3. The first-order valence-electron chi connectivity index (χ1n) is 9.56. The molecule has 0 bridgehead atoms. The van der Waals surface area contributed by atoms with Crippen LogP contribution in [0.2, 0.25) is 0 Å². The molecule has 4 amide bonds. The van der Waals surface area contributed by atoms with E-state index in [1.54, 1.807) is 4.90 Å². The third-order valence-electron chi connectivity index (χ3n) is 5.17. The van der Waals surface area contributed by atoms with Crippen LogP contribution in [0.25, 0.3) is 0 Å². The molecule has 30 heavy (non-hydrogen) atoms. The lowest BCUT2D eigenvalue weighted by Gasteiger charge is -2.28. The summed E-state index contributed by atoms with van der Waals surface area (Å²) in [5.74, 6) is -2.80. The van der Waals surface area contributed by atoms with Crippen molar-refractivity contribution in [2.75, 3.05) is 6.54 Å². The lowest BCUT2D eigenvalue weighted by atomic mass is 9.91. The van der Waals surface area contributed by atoms with Crippen LogP contribution in [0.4, 0.5) is 13.6 Å². The lowest BCUT2D eigenvalue weighted by molar-refractivity contribution is -0.140. The highest BCUT2D eigenvalue weighted by Gasteiger charge is 2.51. The van der Waals surface area contributed by atoms with Crippen molar-refractivity contribution in [1.82, 2.24) is 15.1 Å². The van der Waals surface area contributed by atoms with Gasteiger partial charge in [0.2, 0.25) is 5.91 Å². The highest BCUT2D eigenvalue weighted by atomic mass is 19.1. The van der Waals surface area contributed by atoms with Gasteiger partial charge in [0.25, 0.3) is 5.91 Å². The molecule has 8 heteroatoms. The molecule has 0 spiro atoms. The van der Waals surface area contributed by atoms with Gasteiger partial charge in [0.05, 0.1) is 0 Å². The fourth-order valence-corrected chi connectivity index (χ4v) is 3.47. The summed E-state index contributed by atoms with van der Waals surface area (Å²) in [6.45, 7) is 4.77. The minimum atomic E-state index is -1.80. The maximum absolute atomic E-state index is 14.3. The number of nitrogens with one attached hydrogen (secondary N) is 1. The molecule has 6 nitrogen and oxygen atoms in total. The number of amides is 4. The summed E-state index contributed by atoms with van der Waals surface area (Å²) < 4.78 is 27.9. The van der Waals surface area contributed by atoms with Crippen LogP contribution in [0.5, 0.6) is 0 Å². The largest absolute Gasteiger partial charge is 0.334 e. The number of halogens is 2. The zero-order valence-electron chi connectivity index (χ0n) is 17.0. The first kappa shape index (κ1) is 21.4. The van der Waals surface area contributed by atoms with Crippen LogP contribution in [-0.2, 0) is 21.7 Å². The summed E-state index contributed by atoms with van der Waals surface area (Å²) in [5, 5.41) is 2.40. The Labute approximate surface area is 173 Å². The Morgan fingerprint density at radius 1 is 1.13 bits per heavy atom. The van der Waals surface area contributed by atoms with Gasteiger partial charge in [-0.1, -0.05) is 30.3 Å². The van der Waals surface area contributed by atoms with E-state index in [0.29, 0.717) is 6.54 Å². The van der Waals surface area contributed by atoms with E-state index in [0.717, 1.165) is 28.7 Å². The van der Waals surface area contributed by atoms with Crippen molar-refractivity contribution in [3.05, 3.63) is 71.3 Å². The second kappa shape index (κ2) is 8.22. The van der Waals surface area contributed by atoms with Crippen LogP contribution in [0.1, 0.15) is 31.9 Å². The first-order valence-corrected chi connectivity index (χ1v) is 9.56. The minimum Gasteiger partial charge on any atom is -0.334 e. The molecule has 1 N–H and O–H groups in total. The van der Waals surface area contributed by atoms with E-state index in [2.05, 4.69) is 5.32 Å². The normalized spacial score (nSPS) is 18.7. The predicted octanol–water partition coefficient (Wildman–Crippen LogP) is 3.17. The fourth-order valence-electron chi connectivity index (χ4n) is 3.47. The molecule has 3 rings (SSSR count). The van der Waals surface area contributed by atoms with E-state index >= 15 is 0 Å². The topological polar surface area (TPSA) is 69.7 Å². The molecule has 1 fully saturated rings. The Balaban J connectivity index is 1.82. The van der Waals surface area contributed by atoms with Crippen LogP contribution >= 0.6 is 0 Å². The Hall–Kier alpha value is -3.29. The summed E-state index contributed by atoms with van der Waals surface area (Å²) in [4.78, 5) is 40.6. The molecule has 0 aliphatic carbocycles. The van der Waals surface area contributed by atoms with Crippen molar-refractivity contribution in [3.8, 4) is 0 Å². The molecule has 1 saturated heterocycles. The van der Waals surface area contributed by atoms with Crippen LogP contribution in [-0.4, -0.2) is 40.2 Å². The second-order valence-corrected chi connectivity index (χ2v) is 7.67. The van der Waals surface area contributed by atoms with E-state index in [-0.39, 0.29) is 11.6 Å². The van der Waals surface area contributed by atoms with Crippen LogP contribution in [0, 0.1) is 11.6 Å². The van der Waals surface area contributed by atoms with Crippen molar-refractivity contribution in [2.24, 2.45) is 0 Å². The van der Waals surface area contributed by atoms with Gasteiger partial charge in [0, 0.05) is 18.2 Å². The van der Waals surface area contributed by atoms with E-state index < -0.39 is 41.6 Å². The minimum absolute atomic E-state index is 0.175. The van der Waals surface area contributed by atoms with E-state index in [9.17, 15) is 23.2 Å². The first-order chi connectivity index (χ1) is 14.1. The van der Waals surface area contributed by atoms with Gasteiger partial charge in [0.15, 0.2) is 0 Å². The molecule has 1 atom stereocenters. The van der Waals surface area contributed by atoms with Gasteiger partial charge < -0.3 is 10.2 Å². The molecule has 2 aromatic carbocycles. The molecule has 1 aliphatic rings. The Bertz CT molecular complexity index is 981. The number of benzene rings is 2.